The summed E-state index contributed by atoms with van der Waals surface area (Å²) in [7, 11) is 0. The molecule has 0 saturated carbocycles. The maximum atomic E-state index is 4.54. The summed E-state index contributed by atoms with van der Waals surface area (Å²) in [4.78, 5) is 13.2. The lowest BCUT2D eigenvalue weighted by atomic mass is 10.3. The molecule has 2 aromatic heterocycles. The first kappa shape index (κ1) is 13.0. The highest BCUT2D eigenvalue weighted by molar-refractivity contribution is 9.10. The number of hydrogen-bond acceptors (Lipinski definition) is 4. The van der Waals surface area contributed by atoms with Crippen molar-refractivity contribution in [2.75, 3.05) is 11.9 Å². The summed E-state index contributed by atoms with van der Waals surface area (Å²) < 4.78 is 2.94. The minimum atomic E-state index is 0.700. The van der Waals surface area contributed by atoms with Gasteiger partial charge in [-0.15, -0.1) is 0 Å². The Kier molecular flexibility index (Phi) is 3.96. The van der Waals surface area contributed by atoms with Crippen molar-refractivity contribution in [3.63, 3.8) is 0 Å². The fraction of sp³-hybridized carbons (Fsp3) is 0.417. The molecule has 0 fully saturated rings. The number of hydrogen-bond donors (Lipinski definition) is 1. The number of rotatable bonds is 4. The third kappa shape index (κ3) is 2.38. The lowest BCUT2D eigenvalue weighted by Gasteiger charge is -2.10. The van der Waals surface area contributed by atoms with Crippen LogP contribution in [0.15, 0.2) is 17.0 Å². The first-order valence-electron chi connectivity index (χ1n) is 5.95. The van der Waals surface area contributed by atoms with E-state index >= 15 is 0 Å². The molecule has 0 atom stereocenters. The summed E-state index contributed by atoms with van der Waals surface area (Å²) >= 11 is 3.50. The maximum absolute atomic E-state index is 4.54. The second kappa shape index (κ2) is 5.48. The van der Waals surface area contributed by atoms with Crippen LogP contribution in [0.5, 0.6) is 0 Å². The quantitative estimate of drug-likeness (QED) is 0.943. The van der Waals surface area contributed by atoms with Crippen LogP contribution in [0.25, 0.3) is 11.5 Å². The van der Waals surface area contributed by atoms with Gasteiger partial charge in [-0.25, -0.2) is 15.0 Å². The standard InChI is InChI=1S/C12H16BrN5/c1-4-15-12-10(13)8(3)16-11(17-12)9-6-14-7-18(9)5-2/h6-7H,4-5H2,1-3H3,(H,15,16,17). The van der Waals surface area contributed by atoms with E-state index in [4.69, 9.17) is 0 Å². The monoisotopic (exact) mass is 309 g/mol. The summed E-state index contributed by atoms with van der Waals surface area (Å²) in [5, 5.41) is 3.23. The van der Waals surface area contributed by atoms with Crippen molar-refractivity contribution in [3.05, 3.63) is 22.7 Å². The Morgan fingerprint density at radius 2 is 2.11 bits per heavy atom. The van der Waals surface area contributed by atoms with Crippen molar-refractivity contribution in [2.24, 2.45) is 0 Å². The molecule has 0 bridgehead atoms. The molecule has 0 spiro atoms. The first-order valence-corrected chi connectivity index (χ1v) is 6.75. The van der Waals surface area contributed by atoms with E-state index in [1.807, 2.05) is 18.4 Å². The molecule has 18 heavy (non-hydrogen) atoms. The van der Waals surface area contributed by atoms with E-state index in [2.05, 4.69) is 43.1 Å². The Balaban J connectivity index is 2.52. The van der Waals surface area contributed by atoms with Crippen molar-refractivity contribution in [2.45, 2.75) is 27.3 Å². The van der Waals surface area contributed by atoms with Crippen LogP contribution in [0.4, 0.5) is 5.82 Å². The number of halogens is 1. The Hall–Kier alpha value is -1.43. The average molecular weight is 310 g/mol. The van der Waals surface area contributed by atoms with Gasteiger partial charge in [0.15, 0.2) is 5.82 Å². The summed E-state index contributed by atoms with van der Waals surface area (Å²) in [5.41, 5.74) is 1.85. The maximum Gasteiger partial charge on any atom is 0.180 e. The van der Waals surface area contributed by atoms with Crippen LogP contribution in [0.1, 0.15) is 19.5 Å². The van der Waals surface area contributed by atoms with E-state index in [-0.39, 0.29) is 0 Å². The largest absolute Gasteiger partial charge is 0.369 e. The van der Waals surface area contributed by atoms with Crippen molar-refractivity contribution in [3.8, 4) is 11.5 Å². The third-order valence-corrected chi connectivity index (χ3v) is 3.59. The van der Waals surface area contributed by atoms with Crippen LogP contribution in [-0.4, -0.2) is 26.1 Å². The lowest BCUT2D eigenvalue weighted by Crippen LogP contribution is -2.06. The van der Waals surface area contributed by atoms with Crippen molar-refractivity contribution in [1.82, 2.24) is 19.5 Å². The molecule has 1 N–H and O–H groups in total. The molecule has 6 heteroatoms. The molecular weight excluding hydrogens is 294 g/mol. The van der Waals surface area contributed by atoms with Crippen molar-refractivity contribution < 1.29 is 0 Å². The van der Waals surface area contributed by atoms with Gasteiger partial charge >= 0.3 is 0 Å². The van der Waals surface area contributed by atoms with E-state index < -0.39 is 0 Å². The van der Waals surface area contributed by atoms with Crippen molar-refractivity contribution >= 4 is 21.7 Å². The van der Waals surface area contributed by atoms with Gasteiger partial charge in [-0.1, -0.05) is 0 Å². The van der Waals surface area contributed by atoms with Gasteiger partial charge in [0.05, 0.1) is 22.7 Å². The number of nitrogens with zero attached hydrogens (tertiary/aromatic N) is 4. The lowest BCUT2D eigenvalue weighted by molar-refractivity contribution is 0.763. The predicted molar refractivity (Wildman–Crippen MR) is 75.5 cm³/mol. The van der Waals surface area contributed by atoms with Gasteiger partial charge in [-0.2, -0.15) is 0 Å². The second-order valence-corrected chi connectivity index (χ2v) is 4.68. The smallest absolute Gasteiger partial charge is 0.180 e. The summed E-state index contributed by atoms with van der Waals surface area (Å²) in [5.74, 6) is 1.52. The summed E-state index contributed by atoms with van der Waals surface area (Å²) in [6.45, 7) is 7.75. The Bertz CT molecular complexity index is 549. The first-order chi connectivity index (χ1) is 8.67. The fourth-order valence-electron chi connectivity index (χ4n) is 1.72. The van der Waals surface area contributed by atoms with E-state index in [1.54, 1.807) is 12.5 Å². The summed E-state index contributed by atoms with van der Waals surface area (Å²) in [6, 6.07) is 0. The van der Waals surface area contributed by atoms with Gasteiger partial charge in [0.25, 0.3) is 0 Å². The molecule has 0 aliphatic rings. The molecule has 0 aliphatic heterocycles. The zero-order chi connectivity index (χ0) is 13.1. The number of anilines is 1. The number of imidazole rings is 1. The fourth-order valence-corrected chi connectivity index (χ4v) is 2.03. The molecule has 2 aromatic rings. The van der Waals surface area contributed by atoms with Gasteiger partial charge in [0, 0.05) is 13.1 Å². The van der Waals surface area contributed by atoms with Gasteiger partial charge < -0.3 is 9.88 Å². The molecule has 0 unspecified atom stereocenters. The molecule has 0 aliphatic carbocycles. The highest BCUT2D eigenvalue weighted by Crippen LogP contribution is 2.26. The molecule has 5 nitrogen and oxygen atoms in total. The minimum Gasteiger partial charge on any atom is -0.369 e. The molecular formula is C12H16BrN5. The van der Waals surface area contributed by atoms with Gasteiger partial charge in [-0.3, -0.25) is 0 Å². The molecule has 0 saturated heterocycles. The molecule has 0 amide bonds. The van der Waals surface area contributed by atoms with Crippen LogP contribution in [0, 0.1) is 6.92 Å². The zero-order valence-electron chi connectivity index (χ0n) is 10.7. The van der Waals surface area contributed by atoms with Crippen LogP contribution in [-0.2, 0) is 6.54 Å². The van der Waals surface area contributed by atoms with E-state index in [1.165, 1.54) is 0 Å². The Morgan fingerprint density at radius 1 is 1.33 bits per heavy atom. The SMILES string of the molecule is CCNc1nc(-c2cncn2CC)nc(C)c1Br. The second-order valence-electron chi connectivity index (χ2n) is 3.89. The molecule has 2 heterocycles. The van der Waals surface area contributed by atoms with Crippen molar-refractivity contribution in [1.29, 1.82) is 0 Å². The Morgan fingerprint density at radius 3 is 2.78 bits per heavy atom. The van der Waals surface area contributed by atoms with Gasteiger partial charge in [-0.05, 0) is 36.7 Å². The third-order valence-electron chi connectivity index (χ3n) is 2.64. The van der Waals surface area contributed by atoms with Crippen LogP contribution >= 0.6 is 15.9 Å². The van der Waals surface area contributed by atoms with E-state index in [0.29, 0.717) is 5.82 Å². The predicted octanol–water partition coefficient (Wildman–Crippen LogP) is 2.86. The zero-order valence-corrected chi connectivity index (χ0v) is 12.3. The van der Waals surface area contributed by atoms with Gasteiger partial charge in [0.1, 0.15) is 11.5 Å². The highest BCUT2D eigenvalue weighted by atomic mass is 79.9. The summed E-state index contributed by atoms with van der Waals surface area (Å²) in [6.07, 6.45) is 3.59. The topological polar surface area (TPSA) is 55.6 Å². The molecule has 0 aromatic carbocycles. The molecule has 96 valence electrons. The number of aryl methyl sites for hydroxylation is 2. The number of nitrogens with one attached hydrogen (secondary N) is 1. The molecule has 0 radical (unpaired) electrons. The average Bonchev–Trinajstić information content (AvgIpc) is 2.83. The minimum absolute atomic E-state index is 0.700. The van der Waals surface area contributed by atoms with E-state index in [0.717, 1.165) is 34.8 Å². The van der Waals surface area contributed by atoms with E-state index in [9.17, 15) is 0 Å². The van der Waals surface area contributed by atoms with Crippen LogP contribution < -0.4 is 5.32 Å². The number of aromatic nitrogens is 4. The normalized spacial score (nSPS) is 10.7. The van der Waals surface area contributed by atoms with Crippen LogP contribution in [0.2, 0.25) is 0 Å². The Labute approximate surface area is 115 Å². The molecule has 2 rings (SSSR count). The van der Waals surface area contributed by atoms with Crippen LogP contribution in [0.3, 0.4) is 0 Å². The van der Waals surface area contributed by atoms with Gasteiger partial charge in [0.2, 0.25) is 0 Å². The highest BCUT2D eigenvalue weighted by Gasteiger charge is 2.12.